The smallest absolute Gasteiger partial charge is 0.0201 e. The summed E-state index contributed by atoms with van der Waals surface area (Å²) in [6.45, 7) is 0. The number of benzene rings is 3. The second kappa shape index (κ2) is 4.29. The van der Waals surface area contributed by atoms with Crippen molar-refractivity contribution in [2.45, 2.75) is 9.79 Å². The number of hydrogen-bond acceptors (Lipinski definition) is 1. The van der Waals surface area contributed by atoms with Gasteiger partial charge in [0.1, 0.15) is 0 Å². The molecule has 3 aromatic rings. The third kappa shape index (κ3) is 1.70. The van der Waals surface area contributed by atoms with Crippen LogP contribution in [0, 0.1) is 0 Å². The lowest BCUT2D eigenvalue weighted by molar-refractivity contribution is 1.44. The summed E-state index contributed by atoms with van der Waals surface area (Å²) < 4.78 is 0. The molecule has 19 heavy (non-hydrogen) atoms. The minimum atomic E-state index is 1.33. The molecule has 0 amide bonds. The lowest BCUT2D eigenvalue weighted by Crippen LogP contribution is -1.83. The molecule has 0 spiro atoms. The first-order chi connectivity index (χ1) is 9.43. The van der Waals surface area contributed by atoms with E-state index in [1.165, 1.54) is 32.0 Å². The van der Waals surface area contributed by atoms with E-state index in [1.807, 2.05) is 11.8 Å². The highest BCUT2D eigenvalue weighted by molar-refractivity contribution is 7.99. The molecule has 0 nitrogen and oxygen atoms in total. The van der Waals surface area contributed by atoms with Crippen LogP contribution in [0.5, 0.6) is 0 Å². The van der Waals surface area contributed by atoms with Crippen molar-refractivity contribution >= 4 is 11.8 Å². The predicted octanol–water partition coefficient (Wildman–Crippen LogP) is 5.49. The van der Waals surface area contributed by atoms with Crippen molar-refractivity contribution in [1.82, 2.24) is 0 Å². The summed E-state index contributed by atoms with van der Waals surface area (Å²) >= 11 is 1.86. The van der Waals surface area contributed by atoms with Gasteiger partial charge in [-0.05, 0) is 34.4 Å². The van der Waals surface area contributed by atoms with Crippen molar-refractivity contribution in [3.63, 3.8) is 0 Å². The van der Waals surface area contributed by atoms with Crippen LogP contribution in [0.25, 0.3) is 22.3 Å². The van der Waals surface area contributed by atoms with E-state index in [9.17, 15) is 0 Å². The molecule has 1 heteroatoms. The summed E-state index contributed by atoms with van der Waals surface area (Å²) in [4.78, 5) is 2.67. The van der Waals surface area contributed by atoms with Gasteiger partial charge in [-0.3, -0.25) is 0 Å². The summed E-state index contributed by atoms with van der Waals surface area (Å²) in [5.41, 5.74) is 5.32. The zero-order valence-corrected chi connectivity index (χ0v) is 11.2. The first-order valence-corrected chi connectivity index (χ1v) is 7.21. The lowest BCUT2D eigenvalue weighted by Gasteiger charge is -2.08. The number of fused-ring (bicyclic) bond motifs is 5. The molecule has 0 unspecified atom stereocenters. The van der Waals surface area contributed by atoms with E-state index in [0.29, 0.717) is 0 Å². The average Bonchev–Trinajstić information content (AvgIpc) is 2.62. The van der Waals surface area contributed by atoms with Gasteiger partial charge in [0.2, 0.25) is 0 Å². The van der Waals surface area contributed by atoms with Gasteiger partial charge in [-0.1, -0.05) is 72.4 Å². The SMILES string of the molecule is c1ccc2c(c1)Sc1ccccc1-c1ccccc1-2. The molecule has 0 N–H and O–H groups in total. The van der Waals surface area contributed by atoms with Crippen molar-refractivity contribution in [3.05, 3.63) is 72.8 Å². The molecule has 1 heterocycles. The van der Waals surface area contributed by atoms with Crippen molar-refractivity contribution < 1.29 is 0 Å². The minimum absolute atomic E-state index is 1.33. The predicted molar refractivity (Wildman–Crippen MR) is 81.4 cm³/mol. The Kier molecular flexibility index (Phi) is 2.46. The normalized spacial score (nSPS) is 12.0. The van der Waals surface area contributed by atoms with E-state index in [1.54, 1.807) is 0 Å². The lowest BCUT2D eigenvalue weighted by atomic mass is 9.95. The molecule has 0 saturated heterocycles. The molecule has 0 fully saturated rings. The minimum Gasteiger partial charge on any atom is -0.0888 e. The van der Waals surface area contributed by atoms with Crippen LogP contribution in [-0.2, 0) is 0 Å². The van der Waals surface area contributed by atoms with Gasteiger partial charge in [0, 0.05) is 9.79 Å². The third-order valence-electron chi connectivity index (χ3n) is 3.50. The second-order valence-corrected chi connectivity index (χ2v) is 5.72. The van der Waals surface area contributed by atoms with E-state index in [-0.39, 0.29) is 0 Å². The molecule has 0 bridgehead atoms. The molecular weight excluding hydrogens is 248 g/mol. The summed E-state index contributed by atoms with van der Waals surface area (Å²) in [6, 6.07) is 26.0. The van der Waals surface area contributed by atoms with E-state index < -0.39 is 0 Å². The molecule has 0 aliphatic carbocycles. The van der Waals surface area contributed by atoms with Crippen LogP contribution in [0.15, 0.2) is 82.6 Å². The topological polar surface area (TPSA) is 0 Å². The summed E-state index contributed by atoms with van der Waals surface area (Å²) in [7, 11) is 0. The molecule has 90 valence electrons. The maximum Gasteiger partial charge on any atom is 0.0201 e. The van der Waals surface area contributed by atoms with Gasteiger partial charge in [-0.15, -0.1) is 0 Å². The zero-order chi connectivity index (χ0) is 12.7. The Morgan fingerprint density at radius 2 is 0.789 bits per heavy atom. The van der Waals surface area contributed by atoms with E-state index in [0.717, 1.165) is 0 Å². The first-order valence-electron chi connectivity index (χ1n) is 6.39. The Bertz CT molecular complexity index is 694. The van der Waals surface area contributed by atoms with Gasteiger partial charge in [-0.25, -0.2) is 0 Å². The Labute approximate surface area is 117 Å². The highest BCUT2D eigenvalue weighted by Gasteiger charge is 2.18. The fourth-order valence-electron chi connectivity index (χ4n) is 2.63. The third-order valence-corrected chi connectivity index (χ3v) is 4.65. The molecule has 1 aliphatic heterocycles. The second-order valence-electron chi connectivity index (χ2n) is 4.64. The maximum absolute atomic E-state index is 2.22. The molecule has 0 radical (unpaired) electrons. The summed E-state index contributed by atoms with van der Waals surface area (Å²) in [5.74, 6) is 0. The van der Waals surface area contributed by atoms with Crippen molar-refractivity contribution in [2.24, 2.45) is 0 Å². The zero-order valence-electron chi connectivity index (χ0n) is 10.3. The Morgan fingerprint density at radius 1 is 0.421 bits per heavy atom. The fourth-order valence-corrected chi connectivity index (χ4v) is 3.73. The molecule has 1 aliphatic rings. The van der Waals surface area contributed by atoms with E-state index in [2.05, 4.69) is 72.8 Å². The van der Waals surface area contributed by atoms with Crippen LogP contribution < -0.4 is 0 Å². The highest BCUT2D eigenvalue weighted by Crippen LogP contribution is 2.47. The molecular formula is C18H12S. The van der Waals surface area contributed by atoms with Crippen molar-refractivity contribution in [1.29, 1.82) is 0 Å². The van der Waals surface area contributed by atoms with Gasteiger partial charge < -0.3 is 0 Å². The van der Waals surface area contributed by atoms with E-state index >= 15 is 0 Å². The van der Waals surface area contributed by atoms with E-state index in [4.69, 9.17) is 0 Å². The molecule has 3 aromatic carbocycles. The number of rotatable bonds is 0. The van der Waals surface area contributed by atoms with Gasteiger partial charge in [-0.2, -0.15) is 0 Å². The quantitative estimate of drug-likeness (QED) is 0.403. The van der Waals surface area contributed by atoms with Crippen LogP contribution in [0.4, 0.5) is 0 Å². The standard InChI is InChI=1S/C18H12S/c1-2-8-14-13(7-1)15-9-3-5-11-17(15)19-18-12-6-4-10-16(14)18/h1-12H. The van der Waals surface area contributed by atoms with Crippen LogP contribution in [0.1, 0.15) is 0 Å². The Balaban J connectivity index is 2.13. The molecule has 4 rings (SSSR count). The Hall–Kier alpha value is -1.99. The largest absolute Gasteiger partial charge is 0.0888 e. The van der Waals surface area contributed by atoms with Crippen molar-refractivity contribution in [3.8, 4) is 22.3 Å². The average molecular weight is 260 g/mol. The number of hydrogen-bond donors (Lipinski definition) is 0. The first kappa shape index (κ1) is 10.9. The van der Waals surface area contributed by atoms with Gasteiger partial charge in [0.15, 0.2) is 0 Å². The van der Waals surface area contributed by atoms with Gasteiger partial charge in [0.25, 0.3) is 0 Å². The van der Waals surface area contributed by atoms with Crippen LogP contribution in [-0.4, -0.2) is 0 Å². The monoisotopic (exact) mass is 260 g/mol. The van der Waals surface area contributed by atoms with Crippen LogP contribution >= 0.6 is 11.8 Å². The van der Waals surface area contributed by atoms with Gasteiger partial charge in [0.05, 0.1) is 0 Å². The van der Waals surface area contributed by atoms with Crippen molar-refractivity contribution in [2.75, 3.05) is 0 Å². The summed E-state index contributed by atoms with van der Waals surface area (Å²) in [6.07, 6.45) is 0. The van der Waals surface area contributed by atoms with Crippen LogP contribution in [0.3, 0.4) is 0 Å². The van der Waals surface area contributed by atoms with Crippen LogP contribution in [0.2, 0.25) is 0 Å². The molecule has 0 saturated carbocycles. The molecule has 0 atom stereocenters. The van der Waals surface area contributed by atoms with Gasteiger partial charge >= 0.3 is 0 Å². The fraction of sp³-hybridized carbons (Fsp3) is 0. The molecule has 0 aromatic heterocycles. The summed E-state index contributed by atoms with van der Waals surface area (Å²) in [5, 5.41) is 0. The Morgan fingerprint density at radius 3 is 1.26 bits per heavy atom. The maximum atomic E-state index is 2.22. The highest BCUT2D eigenvalue weighted by atomic mass is 32.2.